The Balaban J connectivity index is 2.40. The Morgan fingerprint density at radius 2 is 2.10 bits per heavy atom. The second-order valence-corrected chi connectivity index (χ2v) is 6.12. The molecule has 0 aromatic heterocycles. The van der Waals surface area contributed by atoms with Crippen molar-refractivity contribution in [3.63, 3.8) is 0 Å². The van der Waals surface area contributed by atoms with Gasteiger partial charge in [-0.3, -0.25) is 14.1 Å². The Morgan fingerprint density at radius 3 is 2.60 bits per heavy atom. The molecule has 7 nitrogen and oxygen atoms in total. The summed E-state index contributed by atoms with van der Waals surface area (Å²) < 4.78 is 31.6. The fourth-order valence-electron chi connectivity index (χ4n) is 2.18. The number of carbonyl (C=O) groups excluding carboxylic acids is 2. The van der Waals surface area contributed by atoms with Crippen molar-refractivity contribution in [2.24, 2.45) is 11.7 Å². The topological polar surface area (TPSA) is 118 Å². The molecule has 1 aromatic rings. The van der Waals surface area contributed by atoms with E-state index in [1.54, 1.807) is 6.07 Å². The molecule has 8 heteroatoms. The van der Waals surface area contributed by atoms with Crippen LogP contribution in [0.15, 0.2) is 23.1 Å². The van der Waals surface area contributed by atoms with Crippen molar-refractivity contribution in [1.29, 1.82) is 0 Å². The second kappa shape index (κ2) is 4.88. The molecule has 1 atom stereocenters. The van der Waals surface area contributed by atoms with Gasteiger partial charge in [0, 0.05) is 18.7 Å². The highest BCUT2D eigenvalue weighted by molar-refractivity contribution is 7.85. The zero-order valence-electron chi connectivity index (χ0n) is 10.7. The van der Waals surface area contributed by atoms with E-state index in [1.807, 2.05) is 0 Å². The van der Waals surface area contributed by atoms with E-state index in [4.69, 9.17) is 10.3 Å². The van der Waals surface area contributed by atoms with Gasteiger partial charge in [0.05, 0.1) is 10.8 Å². The predicted octanol–water partition coefficient (Wildman–Crippen LogP) is 0.0799. The van der Waals surface area contributed by atoms with Crippen LogP contribution < -0.4 is 10.6 Å². The average molecular weight is 298 g/mol. The summed E-state index contributed by atoms with van der Waals surface area (Å²) in [5.74, 6) is -1.46. The minimum Gasteiger partial charge on any atom is -0.369 e. The number of anilines is 1. The summed E-state index contributed by atoms with van der Waals surface area (Å²) in [4.78, 5) is 24.0. The summed E-state index contributed by atoms with van der Waals surface area (Å²) in [5, 5.41) is 0. The quantitative estimate of drug-likeness (QED) is 0.766. The average Bonchev–Trinajstić information content (AvgIpc) is 2.71. The molecule has 1 aromatic carbocycles. The van der Waals surface area contributed by atoms with Crippen molar-refractivity contribution in [1.82, 2.24) is 0 Å². The van der Waals surface area contributed by atoms with Gasteiger partial charge in [0.25, 0.3) is 10.1 Å². The molecule has 108 valence electrons. The lowest BCUT2D eigenvalue weighted by Crippen LogP contribution is -2.28. The number of carbonyl (C=O) groups is 2. The molecule has 3 N–H and O–H groups in total. The smallest absolute Gasteiger partial charge is 0.294 e. The molecule has 0 bridgehead atoms. The van der Waals surface area contributed by atoms with Crippen LogP contribution in [0.4, 0.5) is 5.69 Å². The van der Waals surface area contributed by atoms with Crippen molar-refractivity contribution in [3.8, 4) is 0 Å². The molecule has 1 unspecified atom stereocenters. The number of hydrogen-bond donors (Lipinski definition) is 2. The van der Waals surface area contributed by atoms with Crippen molar-refractivity contribution < 1.29 is 22.6 Å². The van der Waals surface area contributed by atoms with Crippen LogP contribution in [-0.2, 0) is 19.7 Å². The third kappa shape index (κ3) is 2.66. The molecule has 2 amide bonds. The van der Waals surface area contributed by atoms with E-state index < -0.39 is 21.9 Å². The molecule has 0 aliphatic carbocycles. The zero-order valence-corrected chi connectivity index (χ0v) is 11.6. The minimum absolute atomic E-state index is 0.00438. The first-order valence-electron chi connectivity index (χ1n) is 5.88. The summed E-state index contributed by atoms with van der Waals surface area (Å²) in [6, 6.07) is 4.26. The van der Waals surface area contributed by atoms with Gasteiger partial charge < -0.3 is 10.6 Å². The number of aryl methyl sites for hydroxylation is 1. The van der Waals surface area contributed by atoms with Crippen LogP contribution >= 0.6 is 0 Å². The molecule has 0 spiro atoms. The molecule has 2 rings (SSSR count). The highest BCUT2D eigenvalue weighted by Crippen LogP contribution is 2.28. The van der Waals surface area contributed by atoms with E-state index in [0.717, 1.165) is 0 Å². The summed E-state index contributed by atoms with van der Waals surface area (Å²) in [7, 11) is -4.36. The Labute approximate surface area is 116 Å². The minimum atomic E-state index is -4.36. The number of nitrogens with two attached hydrogens (primary N) is 1. The predicted molar refractivity (Wildman–Crippen MR) is 70.6 cm³/mol. The lowest BCUT2D eigenvalue weighted by atomic mass is 10.1. The van der Waals surface area contributed by atoms with E-state index in [-0.39, 0.29) is 23.8 Å². The maximum absolute atomic E-state index is 11.8. The summed E-state index contributed by atoms with van der Waals surface area (Å²) in [6.45, 7) is 1.65. The van der Waals surface area contributed by atoms with Crippen molar-refractivity contribution in [2.75, 3.05) is 11.4 Å². The first-order valence-corrected chi connectivity index (χ1v) is 7.32. The number of primary amides is 1. The van der Waals surface area contributed by atoms with Gasteiger partial charge in [-0.1, -0.05) is 6.07 Å². The lowest BCUT2D eigenvalue weighted by molar-refractivity contribution is -0.123. The number of benzene rings is 1. The molecule has 1 aliphatic rings. The molecule has 1 aliphatic heterocycles. The van der Waals surface area contributed by atoms with Crippen LogP contribution in [0.1, 0.15) is 12.0 Å². The van der Waals surface area contributed by atoms with Gasteiger partial charge in [-0.15, -0.1) is 0 Å². The molecular formula is C12H14N2O5S. The van der Waals surface area contributed by atoms with Gasteiger partial charge in [-0.25, -0.2) is 0 Å². The van der Waals surface area contributed by atoms with Crippen LogP contribution in [0.25, 0.3) is 0 Å². The molecule has 0 saturated carbocycles. The largest absolute Gasteiger partial charge is 0.369 e. The number of hydrogen-bond acceptors (Lipinski definition) is 4. The van der Waals surface area contributed by atoms with Gasteiger partial charge in [-0.2, -0.15) is 8.42 Å². The van der Waals surface area contributed by atoms with E-state index in [1.165, 1.54) is 24.0 Å². The molecule has 1 saturated heterocycles. The first kappa shape index (κ1) is 14.5. The van der Waals surface area contributed by atoms with Gasteiger partial charge in [0.1, 0.15) is 0 Å². The summed E-state index contributed by atoms with van der Waals surface area (Å²) >= 11 is 0. The monoisotopic (exact) mass is 298 g/mol. The van der Waals surface area contributed by atoms with E-state index in [0.29, 0.717) is 11.3 Å². The molecule has 0 radical (unpaired) electrons. The standard InChI is InChI=1S/C12H14N2O5S/c1-7-2-3-9(5-10(7)20(17,18)19)14-6-8(12(13)16)4-11(14)15/h2-3,5,8H,4,6H2,1H3,(H2,13,16)(H,17,18,19). The summed E-state index contributed by atoms with van der Waals surface area (Å²) in [5.41, 5.74) is 5.86. The third-order valence-corrected chi connectivity index (χ3v) is 4.28. The Kier molecular flexibility index (Phi) is 3.53. The van der Waals surface area contributed by atoms with Gasteiger partial charge in [0.15, 0.2) is 0 Å². The molecular weight excluding hydrogens is 284 g/mol. The Morgan fingerprint density at radius 1 is 1.45 bits per heavy atom. The zero-order chi connectivity index (χ0) is 15.1. The van der Waals surface area contributed by atoms with Crippen LogP contribution in [0.3, 0.4) is 0 Å². The molecule has 1 heterocycles. The normalized spacial score (nSPS) is 19.4. The van der Waals surface area contributed by atoms with Gasteiger partial charge in [-0.05, 0) is 24.6 Å². The van der Waals surface area contributed by atoms with Crippen molar-refractivity contribution >= 4 is 27.6 Å². The second-order valence-electron chi connectivity index (χ2n) is 4.73. The van der Waals surface area contributed by atoms with Crippen molar-refractivity contribution in [3.05, 3.63) is 23.8 Å². The third-order valence-electron chi connectivity index (χ3n) is 3.29. The maximum atomic E-state index is 11.8. The maximum Gasteiger partial charge on any atom is 0.294 e. The summed E-state index contributed by atoms with van der Waals surface area (Å²) in [6.07, 6.45) is 0.00438. The van der Waals surface area contributed by atoms with E-state index in [2.05, 4.69) is 0 Å². The Hall–Kier alpha value is -1.93. The van der Waals surface area contributed by atoms with Crippen LogP contribution in [0, 0.1) is 12.8 Å². The number of amides is 2. The molecule has 1 fully saturated rings. The lowest BCUT2D eigenvalue weighted by Gasteiger charge is -2.17. The first-order chi connectivity index (χ1) is 9.20. The number of rotatable bonds is 3. The van der Waals surface area contributed by atoms with Crippen molar-refractivity contribution in [2.45, 2.75) is 18.2 Å². The highest BCUT2D eigenvalue weighted by atomic mass is 32.2. The van der Waals surface area contributed by atoms with Crippen LogP contribution in [0.2, 0.25) is 0 Å². The van der Waals surface area contributed by atoms with E-state index in [9.17, 15) is 18.0 Å². The Bertz CT molecular complexity index is 683. The molecule has 20 heavy (non-hydrogen) atoms. The highest BCUT2D eigenvalue weighted by Gasteiger charge is 2.34. The van der Waals surface area contributed by atoms with E-state index >= 15 is 0 Å². The fourth-order valence-corrected chi connectivity index (χ4v) is 2.93. The number of nitrogens with zero attached hydrogens (tertiary/aromatic N) is 1. The fraction of sp³-hybridized carbons (Fsp3) is 0.333. The SMILES string of the molecule is Cc1ccc(N2CC(C(N)=O)CC2=O)cc1S(=O)(=O)O. The van der Waals surface area contributed by atoms with Gasteiger partial charge in [0.2, 0.25) is 11.8 Å². The van der Waals surface area contributed by atoms with Crippen LogP contribution in [0.5, 0.6) is 0 Å². The van der Waals surface area contributed by atoms with Crippen LogP contribution in [-0.4, -0.2) is 31.3 Å². The van der Waals surface area contributed by atoms with Gasteiger partial charge >= 0.3 is 0 Å².